The van der Waals surface area contributed by atoms with Crippen molar-refractivity contribution < 1.29 is 14.4 Å². The zero-order valence-electron chi connectivity index (χ0n) is 15.1. The number of ether oxygens (including phenoxy) is 1. The van der Waals surface area contributed by atoms with Gasteiger partial charge in [-0.3, -0.25) is 4.79 Å². The fraction of sp³-hybridized carbons (Fsp3) is 0.333. The fourth-order valence-corrected chi connectivity index (χ4v) is 3.22. The maximum absolute atomic E-state index is 12.3. The van der Waals surface area contributed by atoms with Crippen LogP contribution in [-0.2, 0) is 11.3 Å². The second kappa shape index (κ2) is 8.50. The standard InChI is InChI=1S/C21H23N3O2/c1-17-3-2-4-19(13-17)15-23-9-11-24(12-10-23)21(25)16-26-20-7-5-18(14-22)6-8-20/h2-8,13H,9-12,15-16H2,1H3/p+1. The Morgan fingerprint density at radius 2 is 1.92 bits per heavy atom. The van der Waals surface area contributed by atoms with E-state index in [-0.39, 0.29) is 12.5 Å². The van der Waals surface area contributed by atoms with E-state index in [0.29, 0.717) is 11.3 Å². The summed E-state index contributed by atoms with van der Waals surface area (Å²) in [5, 5.41) is 8.79. The van der Waals surface area contributed by atoms with E-state index >= 15 is 0 Å². The van der Waals surface area contributed by atoms with Crippen molar-refractivity contribution in [3.05, 3.63) is 65.2 Å². The molecule has 0 spiro atoms. The number of quaternary nitrogens is 1. The van der Waals surface area contributed by atoms with Gasteiger partial charge in [0.05, 0.1) is 37.8 Å². The number of piperazine rings is 1. The lowest BCUT2D eigenvalue weighted by molar-refractivity contribution is -0.917. The molecule has 0 radical (unpaired) electrons. The Labute approximate surface area is 154 Å². The molecule has 0 aliphatic carbocycles. The molecule has 5 nitrogen and oxygen atoms in total. The number of nitriles is 1. The predicted octanol–water partition coefficient (Wildman–Crippen LogP) is 1.17. The SMILES string of the molecule is Cc1cccc(C[NH+]2CCN(C(=O)COc3ccc(C#N)cc3)CC2)c1. The van der Waals surface area contributed by atoms with Crippen LogP contribution in [0, 0.1) is 18.3 Å². The van der Waals surface area contributed by atoms with E-state index in [4.69, 9.17) is 10.00 Å². The minimum absolute atomic E-state index is 0.0176. The molecule has 0 saturated carbocycles. The number of nitrogens with one attached hydrogen (secondary N) is 1. The molecule has 0 aromatic heterocycles. The molecule has 2 aromatic carbocycles. The summed E-state index contributed by atoms with van der Waals surface area (Å²) in [7, 11) is 0. The van der Waals surface area contributed by atoms with Crippen LogP contribution in [-0.4, -0.2) is 43.6 Å². The summed E-state index contributed by atoms with van der Waals surface area (Å²) < 4.78 is 5.55. The molecule has 1 aliphatic heterocycles. The van der Waals surface area contributed by atoms with Gasteiger partial charge in [-0.2, -0.15) is 5.26 Å². The highest BCUT2D eigenvalue weighted by molar-refractivity contribution is 5.77. The number of aryl methyl sites for hydroxylation is 1. The third-order valence-corrected chi connectivity index (χ3v) is 4.71. The number of amides is 1. The van der Waals surface area contributed by atoms with Crippen LogP contribution in [0.15, 0.2) is 48.5 Å². The third-order valence-electron chi connectivity index (χ3n) is 4.71. The van der Waals surface area contributed by atoms with E-state index in [2.05, 4.69) is 37.3 Å². The van der Waals surface area contributed by atoms with E-state index in [1.165, 1.54) is 16.0 Å². The maximum atomic E-state index is 12.3. The van der Waals surface area contributed by atoms with E-state index in [0.717, 1.165) is 32.7 Å². The second-order valence-electron chi connectivity index (χ2n) is 6.72. The highest BCUT2D eigenvalue weighted by Crippen LogP contribution is 2.11. The normalized spacial score (nSPS) is 14.7. The number of hydrogen-bond donors (Lipinski definition) is 1. The van der Waals surface area contributed by atoms with Gasteiger partial charge in [0.2, 0.25) is 0 Å². The van der Waals surface area contributed by atoms with Crippen molar-refractivity contribution in [3.63, 3.8) is 0 Å². The molecule has 1 aliphatic rings. The van der Waals surface area contributed by atoms with Gasteiger partial charge in [0.25, 0.3) is 5.91 Å². The van der Waals surface area contributed by atoms with Crippen molar-refractivity contribution >= 4 is 5.91 Å². The fourth-order valence-electron chi connectivity index (χ4n) is 3.22. The molecule has 26 heavy (non-hydrogen) atoms. The lowest BCUT2D eigenvalue weighted by atomic mass is 10.1. The van der Waals surface area contributed by atoms with Crippen LogP contribution < -0.4 is 9.64 Å². The molecular weight excluding hydrogens is 326 g/mol. The Morgan fingerprint density at radius 1 is 1.19 bits per heavy atom. The number of rotatable bonds is 5. The number of carbonyl (C=O) groups excluding carboxylic acids is 1. The lowest BCUT2D eigenvalue weighted by Crippen LogP contribution is -3.13. The summed E-state index contributed by atoms with van der Waals surface area (Å²) in [5.74, 6) is 0.630. The zero-order valence-corrected chi connectivity index (χ0v) is 15.1. The van der Waals surface area contributed by atoms with Crippen LogP contribution in [0.25, 0.3) is 0 Å². The highest BCUT2D eigenvalue weighted by Gasteiger charge is 2.24. The Kier molecular flexibility index (Phi) is 5.88. The Morgan fingerprint density at radius 3 is 2.58 bits per heavy atom. The molecule has 134 valence electrons. The summed E-state index contributed by atoms with van der Waals surface area (Å²) in [6, 6.07) is 17.5. The van der Waals surface area contributed by atoms with E-state index in [1.807, 2.05) is 4.90 Å². The van der Waals surface area contributed by atoms with Crippen molar-refractivity contribution in [3.8, 4) is 11.8 Å². The average Bonchev–Trinajstić information content (AvgIpc) is 2.67. The van der Waals surface area contributed by atoms with E-state index < -0.39 is 0 Å². The first kappa shape index (κ1) is 18.0. The average molecular weight is 350 g/mol. The molecule has 0 unspecified atom stereocenters. The molecule has 1 amide bonds. The monoisotopic (exact) mass is 350 g/mol. The quantitative estimate of drug-likeness (QED) is 0.881. The number of nitrogens with zero attached hydrogens (tertiary/aromatic N) is 2. The van der Waals surface area contributed by atoms with E-state index in [1.54, 1.807) is 24.3 Å². The van der Waals surface area contributed by atoms with Crippen LogP contribution in [0.1, 0.15) is 16.7 Å². The minimum atomic E-state index is 0.0176. The first-order chi connectivity index (χ1) is 12.6. The second-order valence-corrected chi connectivity index (χ2v) is 6.72. The van der Waals surface area contributed by atoms with Crippen molar-refractivity contribution in [1.29, 1.82) is 5.26 Å². The van der Waals surface area contributed by atoms with Crippen LogP contribution in [0.2, 0.25) is 0 Å². The van der Waals surface area contributed by atoms with Crippen molar-refractivity contribution in [1.82, 2.24) is 4.90 Å². The van der Waals surface area contributed by atoms with Gasteiger partial charge >= 0.3 is 0 Å². The largest absolute Gasteiger partial charge is 0.484 e. The Balaban J connectivity index is 1.43. The summed E-state index contributed by atoms with van der Waals surface area (Å²) in [6.45, 7) is 6.59. The van der Waals surface area contributed by atoms with Gasteiger partial charge in [0, 0.05) is 5.56 Å². The number of benzene rings is 2. The van der Waals surface area contributed by atoms with Gasteiger partial charge in [0.1, 0.15) is 12.3 Å². The van der Waals surface area contributed by atoms with Crippen LogP contribution >= 0.6 is 0 Å². The van der Waals surface area contributed by atoms with Crippen LogP contribution in [0.5, 0.6) is 5.75 Å². The summed E-state index contributed by atoms with van der Waals surface area (Å²) >= 11 is 0. The molecule has 1 fully saturated rings. The van der Waals surface area contributed by atoms with Crippen molar-refractivity contribution in [2.24, 2.45) is 0 Å². The summed E-state index contributed by atoms with van der Waals surface area (Å²) in [4.78, 5) is 15.7. The van der Waals surface area contributed by atoms with Crippen LogP contribution in [0.3, 0.4) is 0 Å². The molecule has 1 N–H and O–H groups in total. The minimum Gasteiger partial charge on any atom is -0.484 e. The van der Waals surface area contributed by atoms with Gasteiger partial charge in [-0.15, -0.1) is 0 Å². The molecule has 3 rings (SSSR count). The topological polar surface area (TPSA) is 57.8 Å². The van der Waals surface area contributed by atoms with Gasteiger partial charge < -0.3 is 14.5 Å². The summed E-state index contributed by atoms with van der Waals surface area (Å²) in [6.07, 6.45) is 0. The van der Waals surface area contributed by atoms with Crippen LogP contribution in [0.4, 0.5) is 0 Å². The molecule has 0 bridgehead atoms. The molecule has 1 saturated heterocycles. The van der Waals surface area contributed by atoms with Crippen molar-refractivity contribution in [2.75, 3.05) is 32.8 Å². The van der Waals surface area contributed by atoms with Crippen molar-refractivity contribution in [2.45, 2.75) is 13.5 Å². The Hall–Kier alpha value is -2.84. The Bertz CT molecular complexity index is 788. The van der Waals surface area contributed by atoms with E-state index in [9.17, 15) is 4.79 Å². The third kappa shape index (κ3) is 4.84. The smallest absolute Gasteiger partial charge is 0.260 e. The predicted molar refractivity (Wildman–Crippen MR) is 98.8 cm³/mol. The van der Waals surface area contributed by atoms with Gasteiger partial charge in [-0.05, 0) is 31.2 Å². The zero-order chi connectivity index (χ0) is 18.4. The molecule has 1 heterocycles. The maximum Gasteiger partial charge on any atom is 0.260 e. The highest BCUT2D eigenvalue weighted by atomic mass is 16.5. The molecule has 5 heteroatoms. The molecule has 0 atom stereocenters. The number of hydrogen-bond acceptors (Lipinski definition) is 3. The van der Waals surface area contributed by atoms with Gasteiger partial charge in [-0.25, -0.2) is 0 Å². The molecule has 2 aromatic rings. The first-order valence-corrected chi connectivity index (χ1v) is 8.94. The lowest BCUT2D eigenvalue weighted by Gasteiger charge is -2.32. The first-order valence-electron chi connectivity index (χ1n) is 8.94. The van der Waals surface area contributed by atoms with Gasteiger partial charge in [0.15, 0.2) is 6.61 Å². The summed E-state index contributed by atoms with van der Waals surface area (Å²) in [5.41, 5.74) is 3.22. The van der Waals surface area contributed by atoms with Gasteiger partial charge in [-0.1, -0.05) is 29.8 Å². The number of carbonyl (C=O) groups is 1. The molecular formula is C21H24N3O2+.